The molecule has 2 rings (SSSR count). The van der Waals surface area contributed by atoms with Gasteiger partial charge in [0.05, 0.1) is 23.4 Å². The molecular formula is C13H14FN3S. The number of amidine groups is 1. The number of anilines is 1. The van der Waals surface area contributed by atoms with Gasteiger partial charge in [-0.05, 0) is 31.5 Å². The fraction of sp³-hybridized carbons (Fsp3) is 0.385. The lowest BCUT2D eigenvalue weighted by molar-refractivity contribution is 0.631. The van der Waals surface area contributed by atoms with Gasteiger partial charge in [0, 0.05) is 5.25 Å². The monoisotopic (exact) mass is 263 g/mol. The summed E-state index contributed by atoms with van der Waals surface area (Å²) in [5.41, 5.74) is 0.680. The standard InChI is InChI=1S/C13H14FN3S/c1-8-5-9(2)18-13(16-8)17-12-4-3-10(7-15)6-11(12)14/h3-4,6,8-9H,5H2,1-2H3,(H,16,17). The number of nitriles is 1. The van der Waals surface area contributed by atoms with Crippen LogP contribution in [0.4, 0.5) is 10.1 Å². The summed E-state index contributed by atoms with van der Waals surface area (Å²) in [5.74, 6) is -0.428. The summed E-state index contributed by atoms with van der Waals surface area (Å²) in [7, 11) is 0. The Balaban J connectivity index is 2.17. The molecule has 1 heterocycles. The molecule has 2 unspecified atom stereocenters. The molecule has 18 heavy (non-hydrogen) atoms. The molecule has 0 saturated heterocycles. The summed E-state index contributed by atoms with van der Waals surface area (Å²) >= 11 is 1.61. The molecule has 0 aromatic heterocycles. The van der Waals surface area contributed by atoms with Gasteiger partial charge in [-0.2, -0.15) is 5.26 Å². The summed E-state index contributed by atoms with van der Waals surface area (Å²) in [6.45, 7) is 4.18. The Morgan fingerprint density at radius 3 is 2.89 bits per heavy atom. The van der Waals surface area contributed by atoms with Crippen LogP contribution in [0.2, 0.25) is 0 Å². The summed E-state index contributed by atoms with van der Waals surface area (Å²) in [5, 5.41) is 12.9. The zero-order valence-corrected chi connectivity index (χ0v) is 11.1. The van der Waals surface area contributed by atoms with E-state index in [1.165, 1.54) is 6.07 Å². The molecule has 1 aliphatic heterocycles. The number of thioether (sulfide) groups is 1. The van der Waals surface area contributed by atoms with Gasteiger partial charge in [-0.3, -0.25) is 4.99 Å². The van der Waals surface area contributed by atoms with Gasteiger partial charge in [-0.15, -0.1) is 0 Å². The molecule has 0 aliphatic carbocycles. The second kappa shape index (κ2) is 5.40. The van der Waals surface area contributed by atoms with Gasteiger partial charge < -0.3 is 5.32 Å². The lowest BCUT2D eigenvalue weighted by Gasteiger charge is -2.23. The van der Waals surface area contributed by atoms with Crippen molar-refractivity contribution in [2.45, 2.75) is 31.6 Å². The Kier molecular flexibility index (Phi) is 3.87. The lowest BCUT2D eigenvalue weighted by atomic mass is 10.2. The Bertz CT molecular complexity index is 521. The van der Waals surface area contributed by atoms with Crippen LogP contribution in [0.15, 0.2) is 23.2 Å². The van der Waals surface area contributed by atoms with Crippen LogP contribution in [-0.4, -0.2) is 16.5 Å². The predicted octanol–water partition coefficient (Wildman–Crippen LogP) is 3.38. The topological polar surface area (TPSA) is 48.2 Å². The molecule has 1 aromatic rings. The number of nitrogens with one attached hydrogen (secondary N) is 1. The predicted molar refractivity (Wildman–Crippen MR) is 73.3 cm³/mol. The van der Waals surface area contributed by atoms with Gasteiger partial charge in [0.2, 0.25) is 0 Å². The molecule has 0 amide bonds. The molecule has 0 saturated carbocycles. The molecule has 3 nitrogen and oxygen atoms in total. The maximum Gasteiger partial charge on any atom is 0.161 e. The first-order valence-electron chi connectivity index (χ1n) is 5.79. The maximum absolute atomic E-state index is 13.7. The zero-order chi connectivity index (χ0) is 13.1. The molecule has 0 bridgehead atoms. The van der Waals surface area contributed by atoms with E-state index in [1.807, 2.05) is 13.0 Å². The smallest absolute Gasteiger partial charge is 0.161 e. The Morgan fingerprint density at radius 2 is 2.28 bits per heavy atom. The highest BCUT2D eigenvalue weighted by molar-refractivity contribution is 8.14. The van der Waals surface area contributed by atoms with Crippen LogP contribution in [0, 0.1) is 17.1 Å². The number of nitrogens with zero attached hydrogens (tertiary/aromatic N) is 2. The van der Waals surface area contributed by atoms with Crippen molar-refractivity contribution in [3.63, 3.8) is 0 Å². The molecule has 5 heteroatoms. The average Bonchev–Trinajstić information content (AvgIpc) is 2.30. The molecule has 2 atom stereocenters. The second-order valence-electron chi connectivity index (χ2n) is 4.38. The van der Waals surface area contributed by atoms with Crippen molar-refractivity contribution in [2.75, 3.05) is 5.32 Å². The van der Waals surface area contributed by atoms with Crippen LogP contribution in [0.3, 0.4) is 0 Å². The minimum atomic E-state index is -0.428. The van der Waals surface area contributed by atoms with E-state index in [2.05, 4.69) is 17.2 Å². The molecule has 0 fully saturated rings. The molecule has 0 spiro atoms. The van der Waals surface area contributed by atoms with Gasteiger partial charge in [0.15, 0.2) is 5.17 Å². The van der Waals surface area contributed by atoms with Gasteiger partial charge in [0.25, 0.3) is 0 Å². The number of hydrogen-bond donors (Lipinski definition) is 1. The Labute approximate surface area is 110 Å². The van der Waals surface area contributed by atoms with Crippen molar-refractivity contribution in [1.29, 1.82) is 5.26 Å². The van der Waals surface area contributed by atoms with Crippen LogP contribution in [0.5, 0.6) is 0 Å². The van der Waals surface area contributed by atoms with Crippen molar-refractivity contribution >= 4 is 22.6 Å². The Morgan fingerprint density at radius 1 is 1.50 bits per heavy atom. The van der Waals surface area contributed by atoms with E-state index >= 15 is 0 Å². The molecule has 1 aliphatic rings. The van der Waals surface area contributed by atoms with Crippen molar-refractivity contribution in [3.8, 4) is 6.07 Å². The average molecular weight is 263 g/mol. The molecular weight excluding hydrogens is 249 g/mol. The van der Waals surface area contributed by atoms with Crippen molar-refractivity contribution < 1.29 is 4.39 Å². The van der Waals surface area contributed by atoms with Crippen molar-refractivity contribution in [2.24, 2.45) is 4.99 Å². The third-order valence-electron chi connectivity index (χ3n) is 2.66. The lowest BCUT2D eigenvalue weighted by Crippen LogP contribution is -2.23. The van der Waals surface area contributed by atoms with Crippen molar-refractivity contribution in [1.82, 2.24) is 0 Å². The first-order chi connectivity index (χ1) is 8.58. The molecule has 94 valence electrons. The van der Waals surface area contributed by atoms with Gasteiger partial charge in [-0.25, -0.2) is 4.39 Å². The normalized spacial score (nSPS) is 23.1. The van der Waals surface area contributed by atoms with Crippen LogP contribution < -0.4 is 5.32 Å². The number of aliphatic imine (C=N–C) groups is 1. The quantitative estimate of drug-likeness (QED) is 0.845. The second-order valence-corrected chi connectivity index (χ2v) is 5.81. The third-order valence-corrected chi connectivity index (χ3v) is 3.69. The minimum absolute atomic E-state index is 0.255. The summed E-state index contributed by atoms with van der Waals surface area (Å²) in [6.07, 6.45) is 1.03. The van der Waals surface area contributed by atoms with E-state index in [-0.39, 0.29) is 6.04 Å². The SMILES string of the molecule is CC1CC(C)SC(Nc2ccc(C#N)cc2F)=N1. The van der Waals surface area contributed by atoms with E-state index in [4.69, 9.17) is 5.26 Å². The van der Waals surface area contributed by atoms with E-state index in [9.17, 15) is 4.39 Å². The first-order valence-corrected chi connectivity index (χ1v) is 6.67. The molecule has 1 aromatic carbocycles. The van der Waals surface area contributed by atoms with Gasteiger partial charge in [-0.1, -0.05) is 18.7 Å². The molecule has 1 N–H and O–H groups in total. The fourth-order valence-electron chi connectivity index (χ4n) is 1.87. The van der Waals surface area contributed by atoms with Gasteiger partial charge in [0.1, 0.15) is 5.82 Å². The third kappa shape index (κ3) is 3.02. The first kappa shape index (κ1) is 12.9. The summed E-state index contributed by atoms with van der Waals surface area (Å²) < 4.78 is 13.7. The number of benzene rings is 1. The highest BCUT2D eigenvalue weighted by Crippen LogP contribution is 2.26. The summed E-state index contributed by atoms with van der Waals surface area (Å²) in [6, 6.07) is 6.55. The van der Waals surface area contributed by atoms with E-state index in [1.54, 1.807) is 23.9 Å². The number of rotatable bonds is 1. The maximum atomic E-state index is 13.7. The van der Waals surface area contributed by atoms with E-state index in [0.717, 1.165) is 11.6 Å². The van der Waals surface area contributed by atoms with Crippen molar-refractivity contribution in [3.05, 3.63) is 29.6 Å². The highest BCUT2D eigenvalue weighted by atomic mass is 32.2. The zero-order valence-electron chi connectivity index (χ0n) is 10.3. The van der Waals surface area contributed by atoms with Crippen LogP contribution in [0.1, 0.15) is 25.8 Å². The largest absolute Gasteiger partial charge is 0.333 e. The van der Waals surface area contributed by atoms with Gasteiger partial charge >= 0.3 is 0 Å². The fourth-order valence-corrected chi connectivity index (χ4v) is 3.03. The summed E-state index contributed by atoms with van der Waals surface area (Å²) in [4.78, 5) is 4.45. The van der Waals surface area contributed by atoms with E-state index in [0.29, 0.717) is 16.5 Å². The molecule has 0 radical (unpaired) electrons. The Hall–Kier alpha value is -1.54. The van der Waals surface area contributed by atoms with Crippen LogP contribution >= 0.6 is 11.8 Å². The van der Waals surface area contributed by atoms with Crippen LogP contribution in [0.25, 0.3) is 0 Å². The number of hydrogen-bond acceptors (Lipinski definition) is 4. The minimum Gasteiger partial charge on any atom is -0.333 e. The number of halogens is 1. The van der Waals surface area contributed by atoms with Crippen LogP contribution in [-0.2, 0) is 0 Å². The van der Waals surface area contributed by atoms with E-state index < -0.39 is 5.82 Å². The highest BCUT2D eigenvalue weighted by Gasteiger charge is 2.19.